The summed E-state index contributed by atoms with van der Waals surface area (Å²) in [5.74, 6) is 1.33. The Hall–Kier alpha value is -3.26. The second kappa shape index (κ2) is 7.40. The Labute approximate surface area is 166 Å². The second-order valence-electron chi connectivity index (χ2n) is 6.58. The lowest BCUT2D eigenvalue weighted by Crippen LogP contribution is -2.14. The van der Waals surface area contributed by atoms with Gasteiger partial charge in [-0.2, -0.15) is 0 Å². The molecule has 3 aromatic heterocycles. The molecule has 0 saturated carbocycles. The summed E-state index contributed by atoms with van der Waals surface area (Å²) in [4.78, 5) is 21.3. The van der Waals surface area contributed by atoms with Gasteiger partial charge in [-0.3, -0.25) is 10.1 Å². The number of nitrogens with one attached hydrogen (secondary N) is 1. The molecule has 7 nitrogen and oxygen atoms in total. The van der Waals surface area contributed by atoms with Crippen LogP contribution in [0.5, 0.6) is 0 Å². The zero-order chi connectivity index (χ0) is 19.7. The number of rotatable bonds is 5. The molecule has 8 heteroatoms. The molecule has 1 N–H and O–H groups in total. The Morgan fingerprint density at radius 3 is 2.75 bits per heavy atom. The predicted octanol–water partition coefficient (Wildman–Crippen LogP) is 4.67. The van der Waals surface area contributed by atoms with Crippen molar-refractivity contribution in [1.82, 2.24) is 19.7 Å². The van der Waals surface area contributed by atoms with Gasteiger partial charge >= 0.3 is 0 Å². The number of hydrogen-bond acceptors (Lipinski definition) is 6. The third kappa shape index (κ3) is 3.46. The zero-order valence-electron chi connectivity index (χ0n) is 15.7. The van der Waals surface area contributed by atoms with E-state index in [9.17, 15) is 4.79 Å². The average molecular weight is 393 g/mol. The SMILES string of the molecule is Cc1nc(C(=O)Nc2nc(-c3ccco3)cs2)nn1-c1ccccc1C(C)C. The molecule has 4 rings (SSSR count). The minimum Gasteiger partial charge on any atom is -0.463 e. The first-order chi connectivity index (χ1) is 13.5. The van der Waals surface area contributed by atoms with E-state index in [0.717, 1.165) is 11.3 Å². The van der Waals surface area contributed by atoms with Crippen LogP contribution in [0, 0.1) is 6.92 Å². The Morgan fingerprint density at radius 1 is 1.18 bits per heavy atom. The average Bonchev–Trinajstić information content (AvgIpc) is 3.42. The number of hydrogen-bond donors (Lipinski definition) is 1. The molecule has 0 aliphatic heterocycles. The molecule has 0 bridgehead atoms. The van der Waals surface area contributed by atoms with Crippen LogP contribution < -0.4 is 5.32 Å². The molecule has 0 atom stereocenters. The number of para-hydroxylation sites is 1. The van der Waals surface area contributed by atoms with Crippen LogP contribution in [0.1, 0.15) is 41.8 Å². The van der Waals surface area contributed by atoms with E-state index in [1.54, 1.807) is 17.0 Å². The number of carbonyl (C=O) groups excluding carboxylic acids is 1. The normalized spacial score (nSPS) is 11.1. The summed E-state index contributed by atoms with van der Waals surface area (Å²) in [7, 11) is 0. The maximum atomic E-state index is 12.6. The maximum absolute atomic E-state index is 12.6. The van der Waals surface area contributed by atoms with Gasteiger partial charge in [0.2, 0.25) is 5.82 Å². The molecule has 28 heavy (non-hydrogen) atoms. The smallest absolute Gasteiger partial charge is 0.297 e. The second-order valence-corrected chi connectivity index (χ2v) is 7.44. The molecule has 0 saturated heterocycles. The molecular formula is C20H19N5O2S. The van der Waals surface area contributed by atoms with Crippen LogP contribution in [-0.2, 0) is 0 Å². The molecule has 3 heterocycles. The van der Waals surface area contributed by atoms with Gasteiger partial charge in [0.15, 0.2) is 10.9 Å². The molecule has 0 aliphatic rings. The highest BCUT2D eigenvalue weighted by atomic mass is 32.1. The van der Waals surface area contributed by atoms with E-state index in [2.05, 4.69) is 40.3 Å². The van der Waals surface area contributed by atoms with E-state index < -0.39 is 5.91 Å². The van der Waals surface area contributed by atoms with E-state index >= 15 is 0 Å². The van der Waals surface area contributed by atoms with Crippen LogP contribution in [0.15, 0.2) is 52.5 Å². The summed E-state index contributed by atoms with van der Waals surface area (Å²) in [6, 6.07) is 11.6. The lowest BCUT2D eigenvalue weighted by molar-refractivity contribution is 0.101. The predicted molar refractivity (Wildman–Crippen MR) is 108 cm³/mol. The molecule has 0 unspecified atom stereocenters. The highest BCUT2D eigenvalue weighted by Crippen LogP contribution is 2.26. The number of anilines is 1. The highest BCUT2D eigenvalue weighted by molar-refractivity contribution is 7.14. The Balaban J connectivity index is 1.58. The largest absolute Gasteiger partial charge is 0.463 e. The van der Waals surface area contributed by atoms with Crippen LogP contribution in [0.3, 0.4) is 0 Å². The van der Waals surface area contributed by atoms with E-state index in [1.165, 1.54) is 11.3 Å². The van der Waals surface area contributed by atoms with Gasteiger partial charge in [0.05, 0.1) is 12.0 Å². The first-order valence-electron chi connectivity index (χ1n) is 8.86. The van der Waals surface area contributed by atoms with Crippen molar-refractivity contribution in [2.75, 3.05) is 5.32 Å². The van der Waals surface area contributed by atoms with Gasteiger partial charge in [0.1, 0.15) is 11.5 Å². The van der Waals surface area contributed by atoms with Gasteiger partial charge < -0.3 is 4.42 Å². The number of nitrogens with zero attached hydrogens (tertiary/aromatic N) is 4. The van der Waals surface area contributed by atoms with Crippen molar-refractivity contribution in [2.24, 2.45) is 0 Å². The number of aryl methyl sites for hydroxylation is 1. The van der Waals surface area contributed by atoms with Gasteiger partial charge in [-0.15, -0.1) is 16.4 Å². The number of furan rings is 1. The van der Waals surface area contributed by atoms with Crippen molar-refractivity contribution in [1.29, 1.82) is 0 Å². The fourth-order valence-electron chi connectivity index (χ4n) is 2.90. The van der Waals surface area contributed by atoms with Gasteiger partial charge in [0.25, 0.3) is 5.91 Å². The van der Waals surface area contributed by atoms with Crippen molar-refractivity contribution < 1.29 is 9.21 Å². The first kappa shape index (κ1) is 18.1. The van der Waals surface area contributed by atoms with E-state index in [-0.39, 0.29) is 5.82 Å². The monoisotopic (exact) mass is 393 g/mol. The standard InChI is InChI=1S/C20H19N5O2S/c1-12(2)14-7-4-5-8-16(14)25-13(3)21-18(24-25)19(26)23-20-22-15(11-28-20)17-9-6-10-27-17/h4-12H,1-3H3,(H,22,23,26). The molecule has 142 valence electrons. The molecule has 0 radical (unpaired) electrons. The van der Waals surface area contributed by atoms with Crippen LogP contribution in [0.25, 0.3) is 17.1 Å². The minimum atomic E-state index is -0.399. The number of amides is 1. The molecular weight excluding hydrogens is 374 g/mol. The summed E-state index contributed by atoms with van der Waals surface area (Å²) in [5.41, 5.74) is 2.74. The Morgan fingerprint density at radius 2 is 2.00 bits per heavy atom. The van der Waals surface area contributed by atoms with Crippen molar-refractivity contribution in [3.05, 3.63) is 65.3 Å². The summed E-state index contributed by atoms with van der Waals surface area (Å²) in [6.07, 6.45) is 1.58. The topological polar surface area (TPSA) is 85.8 Å². The summed E-state index contributed by atoms with van der Waals surface area (Å²) in [5, 5.41) is 9.48. The molecule has 0 aliphatic carbocycles. The van der Waals surface area contributed by atoms with E-state index in [0.29, 0.717) is 28.3 Å². The molecule has 4 aromatic rings. The van der Waals surface area contributed by atoms with Crippen molar-refractivity contribution >= 4 is 22.4 Å². The van der Waals surface area contributed by atoms with Gasteiger partial charge in [-0.25, -0.2) is 14.6 Å². The molecule has 1 amide bonds. The third-order valence-corrected chi connectivity index (χ3v) is 5.01. The van der Waals surface area contributed by atoms with Crippen molar-refractivity contribution in [3.63, 3.8) is 0 Å². The lowest BCUT2D eigenvalue weighted by atomic mass is 10.0. The van der Waals surface area contributed by atoms with Gasteiger partial charge in [-0.05, 0) is 36.6 Å². The number of thiazole rings is 1. The highest BCUT2D eigenvalue weighted by Gasteiger charge is 2.19. The van der Waals surface area contributed by atoms with E-state index in [1.807, 2.05) is 36.6 Å². The fourth-order valence-corrected chi connectivity index (χ4v) is 3.60. The number of carbonyl (C=O) groups is 1. The minimum absolute atomic E-state index is 0.103. The lowest BCUT2D eigenvalue weighted by Gasteiger charge is -2.12. The first-order valence-corrected chi connectivity index (χ1v) is 9.74. The summed E-state index contributed by atoms with van der Waals surface area (Å²) in [6.45, 7) is 6.08. The van der Waals surface area contributed by atoms with Crippen molar-refractivity contribution in [2.45, 2.75) is 26.7 Å². The van der Waals surface area contributed by atoms with Crippen LogP contribution in [-0.4, -0.2) is 25.7 Å². The maximum Gasteiger partial charge on any atom is 0.297 e. The number of benzene rings is 1. The van der Waals surface area contributed by atoms with Gasteiger partial charge in [-0.1, -0.05) is 32.0 Å². The molecule has 0 fully saturated rings. The molecule has 0 spiro atoms. The number of aromatic nitrogens is 4. The van der Waals surface area contributed by atoms with Crippen LogP contribution >= 0.6 is 11.3 Å². The summed E-state index contributed by atoms with van der Waals surface area (Å²) >= 11 is 1.32. The molecule has 1 aromatic carbocycles. The quantitative estimate of drug-likeness (QED) is 0.533. The van der Waals surface area contributed by atoms with Crippen LogP contribution in [0.4, 0.5) is 5.13 Å². The van der Waals surface area contributed by atoms with Crippen molar-refractivity contribution in [3.8, 4) is 17.1 Å². The zero-order valence-corrected chi connectivity index (χ0v) is 16.5. The van der Waals surface area contributed by atoms with Gasteiger partial charge in [0, 0.05) is 5.38 Å². The fraction of sp³-hybridized carbons (Fsp3) is 0.200. The van der Waals surface area contributed by atoms with Crippen LogP contribution in [0.2, 0.25) is 0 Å². The Kier molecular flexibility index (Phi) is 4.79. The third-order valence-electron chi connectivity index (χ3n) is 4.26. The Bertz CT molecular complexity index is 1110. The summed E-state index contributed by atoms with van der Waals surface area (Å²) < 4.78 is 7.03. The van der Waals surface area contributed by atoms with E-state index in [4.69, 9.17) is 4.42 Å².